The van der Waals surface area contributed by atoms with Gasteiger partial charge in [-0.2, -0.15) is 17.7 Å². The minimum absolute atomic E-state index is 0.156. The van der Waals surface area contributed by atoms with Crippen molar-refractivity contribution in [1.29, 1.82) is 0 Å². The Bertz CT molecular complexity index is 612. The van der Waals surface area contributed by atoms with Gasteiger partial charge in [-0.05, 0) is 11.6 Å². The summed E-state index contributed by atoms with van der Waals surface area (Å²) in [5, 5.41) is 1.85. The molecular weight excluding hydrogens is 281 g/mol. The normalized spacial score (nSPS) is 11.2. The summed E-state index contributed by atoms with van der Waals surface area (Å²) in [7, 11) is 0. The average molecular weight is 295 g/mol. The molecule has 0 fully saturated rings. The lowest BCUT2D eigenvalue weighted by Gasteiger charge is -2.07. The van der Waals surface area contributed by atoms with Crippen molar-refractivity contribution >= 4 is 5.91 Å². The molecule has 110 valence electrons. The molecule has 1 amide bonds. The van der Waals surface area contributed by atoms with Gasteiger partial charge in [-0.25, -0.2) is 0 Å². The number of hydrogen-bond acceptors (Lipinski definition) is 1. The number of nitrogens with zero attached hydrogens (tertiary/aromatic N) is 1. The molecule has 0 atom stereocenters. The van der Waals surface area contributed by atoms with Crippen LogP contribution >= 0.6 is 0 Å². The van der Waals surface area contributed by atoms with E-state index in [1.807, 2.05) is 41.7 Å². The van der Waals surface area contributed by atoms with Gasteiger partial charge in [0.2, 0.25) is 6.54 Å². The van der Waals surface area contributed by atoms with Crippen LogP contribution in [0.25, 0.3) is 11.1 Å². The predicted octanol–water partition coefficient (Wildman–Crippen LogP) is 2.32. The fourth-order valence-corrected chi connectivity index (χ4v) is 1.84. The monoisotopic (exact) mass is 295 g/mol. The number of halogens is 3. The van der Waals surface area contributed by atoms with Crippen LogP contribution in [0.15, 0.2) is 54.9 Å². The molecule has 0 bridgehead atoms. The zero-order valence-electron chi connectivity index (χ0n) is 11.1. The minimum atomic E-state index is -4.40. The third kappa shape index (κ3) is 4.91. The summed E-state index contributed by atoms with van der Waals surface area (Å²) < 4.78 is 37.6. The molecule has 2 rings (SSSR count). The fraction of sp³-hybridized carbons (Fsp3) is 0.200. The van der Waals surface area contributed by atoms with Crippen molar-refractivity contribution in [3.8, 4) is 11.1 Å². The van der Waals surface area contributed by atoms with Crippen molar-refractivity contribution in [3.05, 3.63) is 54.9 Å². The number of hydrogen-bond donors (Lipinski definition) is 1. The standard InChI is InChI=1S/C15H13F3N2O/c16-15(17,18)11-19-14(21)10-20-8-4-7-13(9-20)12-5-2-1-3-6-12/h1-9H,10-11H2/p+1. The summed E-state index contributed by atoms with van der Waals surface area (Å²) in [6, 6.07) is 13.1. The molecule has 1 heterocycles. The molecule has 0 saturated carbocycles. The molecule has 2 aromatic rings. The number of carbonyl (C=O) groups is 1. The van der Waals surface area contributed by atoms with Gasteiger partial charge in [-0.1, -0.05) is 30.3 Å². The van der Waals surface area contributed by atoms with Crippen LogP contribution in [0, 0.1) is 0 Å². The third-order valence-electron chi connectivity index (χ3n) is 2.78. The summed E-state index contributed by atoms with van der Waals surface area (Å²) in [5.74, 6) is -0.678. The zero-order valence-corrected chi connectivity index (χ0v) is 11.1. The van der Waals surface area contributed by atoms with Crippen LogP contribution in [-0.4, -0.2) is 18.6 Å². The number of pyridine rings is 1. The van der Waals surface area contributed by atoms with Gasteiger partial charge in [0.25, 0.3) is 5.91 Å². The number of nitrogens with one attached hydrogen (secondary N) is 1. The highest BCUT2D eigenvalue weighted by atomic mass is 19.4. The van der Waals surface area contributed by atoms with E-state index in [0.29, 0.717) is 0 Å². The largest absolute Gasteiger partial charge is 0.405 e. The minimum Gasteiger partial charge on any atom is -0.341 e. The lowest BCUT2D eigenvalue weighted by molar-refractivity contribution is -0.684. The Hall–Kier alpha value is -2.37. The number of alkyl halides is 3. The van der Waals surface area contributed by atoms with Crippen LogP contribution in [-0.2, 0) is 11.3 Å². The Morgan fingerprint density at radius 1 is 1.05 bits per heavy atom. The molecule has 1 N–H and O–H groups in total. The maximum Gasteiger partial charge on any atom is 0.405 e. The van der Waals surface area contributed by atoms with E-state index >= 15 is 0 Å². The van der Waals surface area contributed by atoms with Gasteiger partial charge in [-0.15, -0.1) is 0 Å². The smallest absolute Gasteiger partial charge is 0.341 e. The van der Waals surface area contributed by atoms with Gasteiger partial charge in [0.05, 0.1) is 0 Å². The van der Waals surface area contributed by atoms with Crippen LogP contribution in [0.2, 0.25) is 0 Å². The quantitative estimate of drug-likeness (QED) is 0.863. The second-order valence-electron chi connectivity index (χ2n) is 4.52. The fourth-order valence-electron chi connectivity index (χ4n) is 1.84. The molecule has 0 unspecified atom stereocenters. The predicted molar refractivity (Wildman–Crippen MR) is 71.1 cm³/mol. The Balaban J connectivity index is 2.03. The number of carbonyl (C=O) groups excluding carboxylic acids is 1. The van der Waals surface area contributed by atoms with Crippen LogP contribution < -0.4 is 9.88 Å². The van der Waals surface area contributed by atoms with Crippen molar-refractivity contribution in [2.24, 2.45) is 0 Å². The molecule has 6 heteroatoms. The first-order chi connectivity index (χ1) is 9.94. The first-order valence-electron chi connectivity index (χ1n) is 6.32. The molecule has 0 aliphatic rings. The van der Waals surface area contributed by atoms with E-state index in [1.54, 1.807) is 23.0 Å². The van der Waals surface area contributed by atoms with E-state index in [0.717, 1.165) is 11.1 Å². The molecule has 21 heavy (non-hydrogen) atoms. The first-order valence-corrected chi connectivity index (χ1v) is 6.32. The molecule has 0 spiro atoms. The van der Waals surface area contributed by atoms with Crippen LogP contribution in [0.3, 0.4) is 0 Å². The van der Waals surface area contributed by atoms with Gasteiger partial charge < -0.3 is 5.32 Å². The average Bonchev–Trinajstić information content (AvgIpc) is 2.46. The number of aromatic nitrogens is 1. The van der Waals surface area contributed by atoms with Crippen molar-refractivity contribution in [2.75, 3.05) is 6.54 Å². The third-order valence-corrected chi connectivity index (χ3v) is 2.78. The molecule has 1 aromatic heterocycles. The van der Waals surface area contributed by atoms with Gasteiger partial charge in [-0.3, -0.25) is 4.79 Å². The lowest BCUT2D eigenvalue weighted by atomic mass is 10.1. The van der Waals surface area contributed by atoms with E-state index in [9.17, 15) is 18.0 Å². The second kappa shape index (κ2) is 6.39. The molecular formula is C15H14F3N2O+. The second-order valence-corrected chi connectivity index (χ2v) is 4.52. The highest BCUT2D eigenvalue weighted by Gasteiger charge is 2.28. The first kappa shape index (κ1) is 15.0. The van der Waals surface area contributed by atoms with Gasteiger partial charge >= 0.3 is 6.18 Å². The summed E-state index contributed by atoms with van der Waals surface area (Å²) in [4.78, 5) is 11.5. The van der Waals surface area contributed by atoms with E-state index in [2.05, 4.69) is 0 Å². The molecule has 3 nitrogen and oxygen atoms in total. The van der Waals surface area contributed by atoms with Crippen molar-refractivity contribution in [1.82, 2.24) is 5.32 Å². The Kier molecular flexibility index (Phi) is 4.57. The summed E-state index contributed by atoms with van der Waals surface area (Å²) >= 11 is 0. The molecule has 0 aliphatic carbocycles. The van der Waals surface area contributed by atoms with E-state index in [1.165, 1.54) is 0 Å². The van der Waals surface area contributed by atoms with Crippen molar-refractivity contribution < 1.29 is 22.5 Å². The Morgan fingerprint density at radius 3 is 2.38 bits per heavy atom. The Morgan fingerprint density at radius 2 is 1.71 bits per heavy atom. The van der Waals surface area contributed by atoms with Crippen LogP contribution in [0.1, 0.15) is 0 Å². The topological polar surface area (TPSA) is 33.0 Å². The lowest BCUT2D eigenvalue weighted by Crippen LogP contribution is -2.44. The molecule has 0 aliphatic heterocycles. The maximum absolute atomic E-state index is 12.0. The van der Waals surface area contributed by atoms with Crippen molar-refractivity contribution in [3.63, 3.8) is 0 Å². The maximum atomic E-state index is 12.0. The highest BCUT2D eigenvalue weighted by molar-refractivity contribution is 5.74. The zero-order chi connectivity index (χ0) is 15.3. The highest BCUT2D eigenvalue weighted by Crippen LogP contribution is 2.16. The van der Waals surface area contributed by atoms with Gasteiger partial charge in [0, 0.05) is 11.6 Å². The number of amides is 1. The van der Waals surface area contributed by atoms with E-state index in [-0.39, 0.29) is 6.54 Å². The summed E-state index contributed by atoms with van der Waals surface area (Å²) in [6.07, 6.45) is -1.03. The number of benzene rings is 1. The van der Waals surface area contributed by atoms with Gasteiger partial charge in [0.15, 0.2) is 12.4 Å². The van der Waals surface area contributed by atoms with Crippen molar-refractivity contribution in [2.45, 2.75) is 12.7 Å². The van der Waals surface area contributed by atoms with E-state index < -0.39 is 18.6 Å². The SMILES string of the molecule is O=C(C[n+]1cccc(-c2ccccc2)c1)NCC(F)(F)F. The summed E-state index contributed by atoms with van der Waals surface area (Å²) in [6.45, 7) is -1.47. The Labute approximate surface area is 120 Å². The molecule has 0 radical (unpaired) electrons. The van der Waals surface area contributed by atoms with Gasteiger partial charge in [0.1, 0.15) is 6.54 Å². The van der Waals surface area contributed by atoms with E-state index in [4.69, 9.17) is 0 Å². The molecule has 0 saturated heterocycles. The summed E-state index contributed by atoms with van der Waals surface area (Å²) in [5.41, 5.74) is 1.87. The van der Waals surface area contributed by atoms with Crippen LogP contribution in [0.4, 0.5) is 13.2 Å². The van der Waals surface area contributed by atoms with Crippen LogP contribution in [0.5, 0.6) is 0 Å². The number of rotatable bonds is 4. The molecule has 1 aromatic carbocycles.